The van der Waals surface area contributed by atoms with Gasteiger partial charge in [-0.05, 0) is 45.4 Å². The van der Waals surface area contributed by atoms with Crippen molar-refractivity contribution in [2.45, 2.75) is 65.9 Å². The highest BCUT2D eigenvalue weighted by molar-refractivity contribution is 5.68. The van der Waals surface area contributed by atoms with Crippen molar-refractivity contribution in [1.82, 2.24) is 4.90 Å². The molecule has 0 bridgehead atoms. The highest BCUT2D eigenvalue weighted by Gasteiger charge is 2.32. The molecule has 1 saturated heterocycles. The summed E-state index contributed by atoms with van der Waals surface area (Å²) < 4.78 is 5.39. The average Bonchev–Trinajstić information content (AvgIpc) is 2.15. The third kappa shape index (κ3) is 4.57. The van der Waals surface area contributed by atoms with E-state index in [1.54, 1.807) is 0 Å². The fourth-order valence-electron chi connectivity index (χ4n) is 2.41. The van der Waals surface area contributed by atoms with Crippen LogP contribution in [0.5, 0.6) is 0 Å². The van der Waals surface area contributed by atoms with Crippen LogP contribution in [-0.2, 0) is 4.74 Å². The van der Waals surface area contributed by atoms with Gasteiger partial charge in [0, 0.05) is 13.1 Å². The zero-order chi connectivity index (χ0) is 13.1. The van der Waals surface area contributed by atoms with E-state index in [0.29, 0.717) is 5.41 Å². The highest BCUT2D eigenvalue weighted by atomic mass is 16.6. The van der Waals surface area contributed by atoms with Crippen LogP contribution in [0.2, 0.25) is 0 Å². The maximum Gasteiger partial charge on any atom is 0.410 e. The van der Waals surface area contributed by atoms with Crippen molar-refractivity contribution >= 4 is 6.09 Å². The van der Waals surface area contributed by atoms with Crippen LogP contribution < -0.4 is 0 Å². The van der Waals surface area contributed by atoms with Crippen LogP contribution in [-0.4, -0.2) is 29.7 Å². The Kier molecular flexibility index (Phi) is 4.45. The highest BCUT2D eigenvalue weighted by Crippen LogP contribution is 2.35. The van der Waals surface area contributed by atoms with Crippen molar-refractivity contribution in [3.05, 3.63) is 0 Å². The third-order valence-electron chi connectivity index (χ3n) is 3.48. The molecule has 1 aliphatic rings. The fraction of sp³-hybridized carbons (Fsp3) is 0.929. The molecule has 1 fully saturated rings. The molecule has 0 aromatic heterocycles. The molecule has 1 aliphatic heterocycles. The van der Waals surface area contributed by atoms with Gasteiger partial charge in [0.1, 0.15) is 5.60 Å². The van der Waals surface area contributed by atoms with E-state index in [9.17, 15) is 4.79 Å². The number of piperidine rings is 1. The monoisotopic (exact) mass is 241 g/mol. The lowest BCUT2D eigenvalue weighted by atomic mass is 9.77. The minimum absolute atomic E-state index is 0.156. The van der Waals surface area contributed by atoms with Crippen molar-refractivity contribution in [3.8, 4) is 0 Å². The first-order chi connectivity index (χ1) is 7.76. The van der Waals surface area contributed by atoms with Gasteiger partial charge in [0.15, 0.2) is 0 Å². The molecule has 0 radical (unpaired) electrons. The van der Waals surface area contributed by atoms with Crippen LogP contribution in [0.25, 0.3) is 0 Å². The summed E-state index contributed by atoms with van der Waals surface area (Å²) in [5.74, 6) is 0. The van der Waals surface area contributed by atoms with Crippen molar-refractivity contribution < 1.29 is 9.53 Å². The largest absolute Gasteiger partial charge is 0.444 e. The summed E-state index contributed by atoms with van der Waals surface area (Å²) in [6.45, 7) is 12.0. The summed E-state index contributed by atoms with van der Waals surface area (Å²) in [6.07, 6.45) is 4.52. The van der Waals surface area contributed by atoms with E-state index in [-0.39, 0.29) is 11.7 Å². The molecule has 0 atom stereocenters. The van der Waals surface area contributed by atoms with E-state index in [1.807, 2.05) is 25.7 Å². The molecule has 17 heavy (non-hydrogen) atoms. The summed E-state index contributed by atoms with van der Waals surface area (Å²) in [5, 5.41) is 0. The predicted molar refractivity (Wildman–Crippen MR) is 70.1 cm³/mol. The second-order valence-corrected chi connectivity index (χ2v) is 6.53. The number of nitrogens with zero attached hydrogens (tertiary/aromatic N) is 1. The summed E-state index contributed by atoms with van der Waals surface area (Å²) in [5.41, 5.74) is 0.0362. The van der Waals surface area contributed by atoms with Crippen LogP contribution in [0.3, 0.4) is 0 Å². The summed E-state index contributed by atoms with van der Waals surface area (Å²) >= 11 is 0. The lowest BCUT2D eigenvalue weighted by molar-refractivity contribution is 0.0110. The first kappa shape index (κ1) is 14.3. The van der Waals surface area contributed by atoms with Crippen LogP contribution in [0.15, 0.2) is 0 Å². The molecule has 1 amide bonds. The number of carbonyl (C=O) groups excluding carboxylic acids is 1. The van der Waals surface area contributed by atoms with Crippen LogP contribution >= 0.6 is 0 Å². The second kappa shape index (κ2) is 5.28. The van der Waals surface area contributed by atoms with Crippen molar-refractivity contribution in [2.24, 2.45) is 5.41 Å². The molecule has 0 N–H and O–H groups in total. The quantitative estimate of drug-likeness (QED) is 0.735. The van der Waals surface area contributed by atoms with Crippen molar-refractivity contribution in [1.29, 1.82) is 0 Å². The van der Waals surface area contributed by atoms with Crippen molar-refractivity contribution in [3.63, 3.8) is 0 Å². The predicted octanol–water partition coefficient (Wildman–Crippen LogP) is 3.82. The smallest absolute Gasteiger partial charge is 0.410 e. The van der Waals surface area contributed by atoms with Gasteiger partial charge in [0.25, 0.3) is 0 Å². The number of ether oxygens (including phenoxy) is 1. The molecule has 1 rings (SSSR count). The average molecular weight is 241 g/mol. The SMILES string of the molecule is CCCC1(C)CCN(C(=O)OC(C)(C)C)CC1. The standard InChI is InChI=1S/C14H27NO2/c1-6-7-14(5)8-10-15(11-9-14)12(16)17-13(2,3)4/h6-11H2,1-5H3. The zero-order valence-corrected chi connectivity index (χ0v) is 12.0. The molecule has 0 unspecified atom stereocenters. The van der Waals surface area contributed by atoms with Gasteiger partial charge < -0.3 is 9.64 Å². The number of likely N-dealkylation sites (tertiary alicyclic amines) is 1. The molecule has 1 heterocycles. The molecule has 0 saturated carbocycles. The Balaban J connectivity index is 2.44. The van der Waals surface area contributed by atoms with Gasteiger partial charge in [-0.25, -0.2) is 4.79 Å². The maximum absolute atomic E-state index is 11.9. The van der Waals surface area contributed by atoms with Crippen LogP contribution in [0.1, 0.15) is 60.3 Å². The van der Waals surface area contributed by atoms with Gasteiger partial charge >= 0.3 is 6.09 Å². The number of hydrogen-bond acceptors (Lipinski definition) is 2. The maximum atomic E-state index is 11.9. The molecule has 0 aromatic rings. The molecule has 3 heteroatoms. The zero-order valence-electron chi connectivity index (χ0n) is 12.0. The Hall–Kier alpha value is -0.730. The molecule has 3 nitrogen and oxygen atoms in total. The van der Waals surface area contributed by atoms with E-state index < -0.39 is 0 Å². The molecular formula is C14H27NO2. The van der Waals surface area contributed by atoms with Crippen LogP contribution in [0.4, 0.5) is 4.79 Å². The molecule has 0 aliphatic carbocycles. The van der Waals surface area contributed by atoms with E-state index in [4.69, 9.17) is 4.74 Å². The van der Waals surface area contributed by atoms with Gasteiger partial charge in [-0.2, -0.15) is 0 Å². The summed E-state index contributed by atoms with van der Waals surface area (Å²) in [7, 11) is 0. The van der Waals surface area contributed by atoms with E-state index in [2.05, 4.69) is 13.8 Å². The van der Waals surface area contributed by atoms with Gasteiger partial charge in [-0.3, -0.25) is 0 Å². The minimum Gasteiger partial charge on any atom is -0.444 e. The lowest BCUT2D eigenvalue weighted by Crippen LogP contribution is -2.44. The van der Waals surface area contributed by atoms with E-state index >= 15 is 0 Å². The Morgan fingerprint density at radius 1 is 1.29 bits per heavy atom. The molecule has 0 spiro atoms. The van der Waals surface area contributed by atoms with E-state index in [0.717, 1.165) is 25.9 Å². The second-order valence-electron chi connectivity index (χ2n) is 6.53. The molecule has 0 aromatic carbocycles. The van der Waals surface area contributed by atoms with Gasteiger partial charge in [-0.15, -0.1) is 0 Å². The number of amides is 1. The van der Waals surface area contributed by atoms with Crippen LogP contribution in [0, 0.1) is 5.41 Å². The van der Waals surface area contributed by atoms with E-state index in [1.165, 1.54) is 12.8 Å². The Morgan fingerprint density at radius 2 is 1.82 bits per heavy atom. The molecular weight excluding hydrogens is 214 g/mol. The van der Waals surface area contributed by atoms with Gasteiger partial charge in [-0.1, -0.05) is 20.3 Å². The Morgan fingerprint density at radius 3 is 2.24 bits per heavy atom. The number of rotatable bonds is 2. The lowest BCUT2D eigenvalue weighted by Gasteiger charge is -2.39. The Labute approximate surface area is 106 Å². The normalized spacial score (nSPS) is 20.2. The Bertz CT molecular complexity index is 260. The van der Waals surface area contributed by atoms with Gasteiger partial charge in [0.05, 0.1) is 0 Å². The third-order valence-corrected chi connectivity index (χ3v) is 3.48. The number of carbonyl (C=O) groups is 1. The summed E-state index contributed by atoms with van der Waals surface area (Å²) in [6, 6.07) is 0. The first-order valence-electron chi connectivity index (χ1n) is 6.74. The first-order valence-corrected chi connectivity index (χ1v) is 6.74. The van der Waals surface area contributed by atoms with Gasteiger partial charge in [0.2, 0.25) is 0 Å². The molecule has 100 valence electrons. The minimum atomic E-state index is -0.388. The topological polar surface area (TPSA) is 29.5 Å². The fourth-order valence-corrected chi connectivity index (χ4v) is 2.41. The summed E-state index contributed by atoms with van der Waals surface area (Å²) in [4.78, 5) is 13.7. The van der Waals surface area contributed by atoms with Crippen molar-refractivity contribution in [2.75, 3.05) is 13.1 Å². The number of hydrogen-bond donors (Lipinski definition) is 0.